The quantitative estimate of drug-likeness (QED) is 0.414. The van der Waals surface area contributed by atoms with E-state index in [1.807, 2.05) is 47.8 Å². The summed E-state index contributed by atoms with van der Waals surface area (Å²) in [7, 11) is 2.99. The second kappa shape index (κ2) is 11.2. The fraction of sp³-hybridized carbons (Fsp3) is 0.364. The van der Waals surface area contributed by atoms with Crippen molar-refractivity contribution in [3.63, 3.8) is 0 Å². The number of ketones is 1. The molecule has 6 nitrogen and oxygen atoms in total. The Labute approximate surface area is 184 Å². The van der Waals surface area contributed by atoms with Crippen LogP contribution in [-0.2, 0) is 9.53 Å². The molecule has 0 bridgehead atoms. The van der Waals surface area contributed by atoms with Crippen molar-refractivity contribution >= 4 is 35.3 Å². The van der Waals surface area contributed by atoms with Gasteiger partial charge in [-0.05, 0) is 47.8 Å². The molecule has 1 fully saturated rings. The van der Waals surface area contributed by atoms with Crippen molar-refractivity contribution in [2.45, 2.75) is 11.0 Å². The molecule has 0 aromatic heterocycles. The number of carbonyl (C=O) groups is 2. The van der Waals surface area contributed by atoms with Gasteiger partial charge in [-0.15, -0.1) is 23.5 Å². The zero-order valence-electron chi connectivity index (χ0n) is 16.9. The molecule has 0 spiro atoms. The van der Waals surface area contributed by atoms with E-state index in [1.54, 1.807) is 18.2 Å². The van der Waals surface area contributed by atoms with Gasteiger partial charge in [-0.2, -0.15) is 0 Å². The van der Waals surface area contributed by atoms with Crippen LogP contribution < -0.4 is 14.2 Å². The average molecular weight is 449 g/mol. The van der Waals surface area contributed by atoms with Gasteiger partial charge < -0.3 is 18.9 Å². The van der Waals surface area contributed by atoms with Crippen molar-refractivity contribution in [3.8, 4) is 17.2 Å². The highest BCUT2D eigenvalue weighted by Crippen LogP contribution is 2.43. The monoisotopic (exact) mass is 448 g/mol. The molecule has 2 aromatic carbocycles. The molecular weight excluding hydrogens is 424 g/mol. The molecule has 1 aliphatic heterocycles. The molecule has 0 unspecified atom stereocenters. The van der Waals surface area contributed by atoms with Crippen molar-refractivity contribution in [2.24, 2.45) is 0 Å². The van der Waals surface area contributed by atoms with Crippen LogP contribution in [0.5, 0.6) is 17.2 Å². The smallest absolute Gasteiger partial charge is 0.344 e. The summed E-state index contributed by atoms with van der Waals surface area (Å²) in [6.07, 6.45) is 1.25. The molecule has 0 amide bonds. The maximum Gasteiger partial charge on any atom is 0.344 e. The lowest BCUT2D eigenvalue weighted by atomic mass is 10.1. The third kappa shape index (κ3) is 6.09. The zero-order valence-corrected chi connectivity index (χ0v) is 18.6. The molecule has 1 heterocycles. The van der Waals surface area contributed by atoms with E-state index in [0.717, 1.165) is 0 Å². The first kappa shape index (κ1) is 22.4. The van der Waals surface area contributed by atoms with Gasteiger partial charge in [0.2, 0.25) is 5.78 Å². The molecule has 0 aliphatic carbocycles. The van der Waals surface area contributed by atoms with Gasteiger partial charge in [-0.25, -0.2) is 4.79 Å². The lowest BCUT2D eigenvalue weighted by molar-refractivity contribution is -0.144. The van der Waals surface area contributed by atoms with Crippen LogP contribution in [0.25, 0.3) is 0 Å². The third-order valence-corrected chi connectivity index (χ3v) is 7.42. The van der Waals surface area contributed by atoms with Gasteiger partial charge in [-0.1, -0.05) is 12.1 Å². The van der Waals surface area contributed by atoms with E-state index in [1.165, 1.54) is 37.7 Å². The Bertz CT molecular complexity index is 862. The summed E-state index contributed by atoms with van der Waals surface area (Å²) in [6.45, 7) is -0.654. The van der Waals surface area contributed by atoms with E-state index in [9.17, 15) is 9.59 Å². The highest BCUT2D eigenvalue weighted by Gasteiger charge is 2.17. The van der Waals surface area contributed by atoms with Gasteiger partial charge in [0.15, 0.2) is 13.2 Å². The first-order chi connectivity index (χ1) is 14.6. The van der Waals surface area contributed by atoms with Crippen LogP contribution in [0.15, 0.2) is 42.5 Å². The van der Waals surface area contributed by atoms with Crippen LogP contribution in [0.3, 0.4) is 0 Å². The Morgan fingerprint density at radius 1 is 0.933 bits per heavy atom. The summed E-state index contributed by atoms with van der Waals surface area (Å²) < 4.78 is 21.3. The van der Waals surface area contributed by atoms with Crippen LogP contribution in [0.4, 0.5) is 0 Å². The predicted molar refractivity (Wildman–Crippen MR) is 119 cm³/mol. The molecule has 1 saturated heterocycles. The number of Topliss-reactive ketones (excluding diaryl/α,β-unsaturated/α-hetero) is 1. The number of ether oxygens (including phenoxy) is 4. The predicted octanol–water partition coefficient (Wildman–Crippen LogP) is 4.38. The lowest BCUT2D eigenvalue weighted by Crippen LogP contribution is -2.19. The first-order valence-corrected chi connectivity index (χ1v) is 11.6. The second-order valence-corrected chi connectivity index (χ2v) is 9.16. The summed E-state index contributed by atoms with van der Waals surface area (Å²) in [5.74, 6) is 2.91. The molecule has 0 atom stereocenters. The summed E-state index contributed by atoms with van der Waals surface area (Å²) in [4.78, 5) is 24.3. The van der Waals surface area contributed by atoms with E-state index < -0.39 is 5.97 Å². The van der Waals surface area contributed by atoms with Crippen molar-refractivity contribution < 1.29 is 28.5 Å². The van der Waals surface area contributed by atoms with Crippen molar-refractivity contribution in [2.75, 3.05) is 38.9 Å². The minimum atomic E-state index is -0.613. The van der Waals surface area contributed by atoms with E-state index >= 15 is 0 Å². The number of benzene rings is 2. The van der Waals surface area contributed by atoms with Gasteiger partial charge >= 0.3 is 5.97 Å². The minimum Gasteiger partial charge on any atom is -0.497 e. The number of methoxy groups -OCH3 is 2. The molecule has 0 saturated carbocycles. The van der Waals surface area contributed by atoms with Gasteiger partial charge in [0.1, 0.15) is 17.2 Å². The van der Waals surface area contributed by atoms with Gasteiger partial charge in [0.25, 0.3) is 0 Å². The standard InChI is InChI=1S/C22H24O6S2/c1-25-17-8-9-18(20(12-17)26-2)19(23)13-28-21(24)14-27-16-6-4-15(5-7-16)22-29-10-3-11-30-22/h4-9,12,22H,3,10-11,13-14H2,1-2H3. The van der Waals surface area contributed by atoms with E-state index in [4.69, 9.17) is 18.9 Å². The highest BCUT2D eigenvalue weighted by atomic mass is 32.2. The Balaban J connectivity index is 1.46. The Morgan fingerprint density at radius 3 is 2.30 bits per heavy atom. The molecule has 30 heavy (non-hydrogen) atoms. The number of thioether (sulfide) groups is 2. The van der Waals surface area contributed by atoms with Crippen LogP contribution in [0.2, 0.25) is 0 Å². The molecule has 160 valence electrons. The Morgan fingerprint density at radius 2 is 1.63 bits per heavy atom. The van der Waals surface area contributed by atoms with E-state index in [0.29, 0.717) is 27.4 Å². The maximum atomic E-state index is 12.3. The molecule has 8 heteroatoms. The van der Waals surface area contributed by atoms with Gasteiger partial charge in [0, 0.05) is 6.07 Å². The van der Waals surface area contributed by atoms with Crippen LogP contribution >= 0.6 is 23.5 Å². The van der Waals surface area contributed by atoms with Crippen molar-refractivity contribution in [1.29, 1.82) is 0 Å². The Kier molecular flexibility index (Phi) is 8.33. The van der Waals surface area contributed by atoms with Gasteiger partial charge in [0.05, 0.1) is 24.4 Å². The largest absolute Gasteiger partial charge is 0.497 e. The SMILES string of the molecule is COc1ccc(C(=O)COC(=O)COc2ccc(C3SCCCS3)cc2)c(OC)c1. The number of carbonyl (C=O) groups excluding carboxylic acids is 2. The number of esters is 1. The molecule has 0 radical (unpaired) electrons. The number of hydrogen-bond donors (Lipinski definition) is 0. The molecular formula is C22H24O6S2. The first-order valence-electron chi connectivity index (χ1n) is 9.47. The summed E-state index contributed by atoms with van der Waals surface area (Å²) in [6, 6.07) is 12.6. The van der Waals surface area contributed by atoms with E-state index in [-0.39, 0.29) is 19.0 Å². The van der Waals surface area contributed by atoms with Crippen molar-refractivity contribution in [1.82, 2.24) is 0 Å². The number of hydrogen-bond acceptors (Lipinski definition) is 8. The molecule has 0 N–H and O–H groups in total. The molecule has 2 aromatic rings. The van der Waals surface area contributed by atoms with E-state index in [2.05, 4.69) is 0 Å². The maximum absolute atomic E-state index is 12.3. The third-order valence-electron chi connectivity index (χ3n) is 4.41. The zero-order chi connectivity index (χ0) is 21.3. The van der Waals surface area contributed by atoms with Crippen LogP contribution in [0.1, 0.15) is 26.9 Å². The van der Waals surface area contributed by atoms with Gasteiger partial charge in [-0.3, -0.25) is 4.79 Å². The average Bonchev–Trinajstić information content (AvgIpc) is 2.81. The summed E-state index contributed by atoms with van der Waals surface area (Å²) in [5, 5.41) is 0. The normalized spacial score (nSPS) is 14.1. The fourth-order valence-electron chi connectivity index (χ4n) is 2.84. The molecule has 3 rings (SSSR count). The van der Waals surface area contributed by atoms with Crippen LogP contribution in [0, 0.1) is 0 Å². The van der Waals surface area contributed by atoms with Crippen LogP contribution in [-0.4, -0.2) is 50.7 Å². The Hall–Kier alpha value is -2.32. The second-order valence-electron chi connectivity index (χ2n) is 6.43. The lowest BCUT2D eigenvalue weighted by Gasteiger charge is -2.21. The summed E-state index contributed by atoms with van der Waals surface area (Å²) >= 11 is 3.91. The van der Waals surface area contributed by atoms with Crippen molar-refractivity contribution in [3.05, 3.63) is 53.6 Å². The minimum absolute atomic E-state index is 0.265. The fourth-order valence-corrected chi connectivity index (χ4v) is 5.73. The molecule has 1 aliphatic rings. The topological polar surface area (TPSA) is 71.1 Å². The number of rotatable bonds is 9. The highest BCUT2D eigenvalue weighted by molar-refractivity contribution is 8.16. The summed E-state index contributed by atoms with van der Waals surface area (Å²) in [5.41, 5.74) is 1.57.